The number of carboxylic acids is 1. The van der Waals surface area contributed by atoms with Gasteiger partial charge in [-0.25, -0.2) is 4.79 Å². The van der Waals surface area contributed by atoms with Crippen molar-refractivity contribution >= 4 is 5.97 Å². The molecule has 0 radical (unpaired) electrons. The maximum atomic E-state index is 10.9. The minimum Gasteiger partial charge on any atom is -0.479 e. The van der Waals surface area contributed by atoms with E-state index in [0.717, 1.165) is 6.54 Å². The molecule has 1 aliphatic heterocycles. The standard InChI is InChI=1S/C12H21NO3/c1-12(2)5-3-4-10(12)13-6-7-16-9(8-13)11(14)15/h9-10H,3-8H2,1-2H3,(H,14,15). The molecule has 2 rings (SSSR count). The highest BCUT2D eigenvalue weighted by atomic mass is 16.5. The van der Waals surface area contributed by atoms with Crippen molar-refractivity contribution in [1.82, 2.24) is 4.90 Å². The van der Waals surface area contributed by atoms with Crippen molar-refractivity contribution in [2.45, 2.75) is 45.3 Å². The first kappa shape index (κ1) is 11.9. The van der Waals surface area contributed by atoms with Gasteiger partial charge in [-0.05, 0) is 18.3 Å². The molecule has 92 valence electrons. The van der Waals surface area contributed by atoms with Gasteiger partial charge in [0.15, 0.2) is 6.10 Å². The molecule has 0 bridgehead atoms. The van der Waals surface area contributed by atoms with Gasteiger partial charge in [-0.2, -0.15) is 0 Å². The minimum absolute atomic E-state index is 0.320. The van der Waals surface area contributed by atoms with Crippen molar-refractivity contribution in [3.05, 3.63) is 0 Å². The van der Waals surface area contributed by atoms with Gasteiger partial charge in [0.1, 0.15) is 0 Å². The van der Waals surface area contributed by atoms with Gasteiger partial charge in [0.05, 0.1) is 6.61 Å². The van der Waals surface area contributed by atoms with Crippen LogP contribution in [-0.4, -0.2) is 47.8 Å². The van der Waals surface area contributed by atoms with E-state index < -0.39 is 12.1 Å². The molecule has 0 aromatic carbocycles. The van der Waals surface area contributed by atoms with Crippen LogP contribution in [0.3, 0.4) is 0 Å². The van der Waals surface area contributed by atoms with E-state index in [1.165, 1.54) is 19.3 Å². The van der Waals surface area contributed by atoms with Gasteiger partial charge in [-0.15, -0.1) is 0 Å². The average molecular weight is 227 g/mol. The molecule has 1 heterocycles. The highest BCUT2D eigenvalue weighted by Crippen LogP contribution is 2.40. The Labute approximate surface area is 96.6 Å². The second-order valence-electron chi connectivity index (χ2n) is 5.59. The largest absolute Gasteiger partial charge is 0.479 e. The molecule has 0 aromatic rings. The first-order valence-corrected chi connectivity index (χ1v) is 6.09. The summed E-state index contributed by atoms with van der Waals surface area (Å²) in [7, 11) is 0. The number of hydrogen-bond donors (Lipinski definition) is 1. The van der Waals surface area contributed by atoms with E-state index in [4.69, 9.17) is 9.84 Å². The van der Waals surface area contributed by atoms with Crippen molar-refractivity contribution in [3.63, 3.8) is 0 Å². The molecule has 1 saturated heterocycles. The third-order valence-electron chi connectivity index (χ3n) is 4.01. The van der Waals surface area contributed by atoms with Gasteiger partial charge in [-0.3, -0.25) is 4.90 Å². The molecule has 16 heavy (non-hydrogen) atoms. The third kappa shape index (κ3) is 2.23. The summed E-state index contributed by atoms with van der Waals surface area (Å²) >= 11 is 0. The van der Waals surface area contributed by atoms with Gasteiger partial charge >= 0.3 is 5.97 Å². The zero-order chi connectivity index (χ0) is 11.8. The van der Waals surface area contributed by atoms with Crippen molar-refractivity contribution in [2.75, 3.05) is 19.7 Å². The normalized spacial score (nSPS) is 35.1. The molecule has 1 saturated carbocycles. The first-order valence-electron chi connectivity index (χ1n) is 6.09. The molecular formula is C12H21NO3. The fourth-order valence-electron chi connectivity index (χ4n) is 3.09. The number of hydrogen-bond acceptors (Lipinski definition) is 3. The molecule has 2 atom stereocenters. The van der Waals surface area contributed by atoms with Crippen molar-refractivity contribution in [3.8, 4) is 0 Å². The number of carboxylic acid groups (broad SMARTS) is 1. The van der Waals surface area contributed by atoms with Gasteiger partial charge in [0.25, 0.3) is 0 Å². The topological polar surface area (TPSA) is 49.8 Å². The Morgan fingerprint density at radius 2 is 2.25 bits per heavy atom. The summed E-state index contributed by atoms with van der Waals surface area (Å²) in [6.45, 7) is 6.54. The molecule has 0 amide bonds. The Hall–Kier alpha value is -0.610. The molecule has 2 aliphatic rings. The zero-order valence-corrected chi connectivity index (χ0v) is 10.1. The van der Waals surface area contributed by atoms with Crippen LogP contribution < -0.4 is 0 Å². The number of rotatable bonds is 2. The summed E-state index contributed by atoms with van der Waals surface area (Å²) in [6, 6.07) is 0.526. The van der Waals surface area contributed by atoms with Gasteiger partial charge in [-0.1, -0.05) is 20.3 Å². The molecule has 4 nitrogen and oxygen atoms in total. The molecule has 1 aliphatic carbocycles. The summed E-state index contributed by atoms with van der Waals surface area (Å²) in [6.07, 6.45) is 3.06. The van der Waals surface area contributed by atoms with Crippen LogP contribution >= 0.6 is 0 Å². The van der Waals surface area contributed by atoms with Crippen LogP contribution in [0, 0.1) is 5.41 Å². The van der Waals surface area contributed by atoms with Crippen molar-refractivity contribution < 1.29 is 14.6 Å². The van der Waals surface area contributed by atoms with Crippen LogP contribution in [0.1, 0.15) is 33.1 Å². The highest BCUT2D eigenvalue weighted by molar-refractivity contribution is 5.72. The Bertz CT molecular complexity index is 277. The number of aliphatic carboxylic acids is 1. The minimum atomic E-state index is -0.833. The lowest BCUT2D eigenvalue weighted by Crippen LogP contribution is -2.52. The third-order valence-corrected chi connectivity index (χ3v) is 4.01. The summed E-state index contributed by atoms with van der Waals surface area (Å²) in [4.78, 5) is 13.2. The van der Waals surface area contributed by atoms with Crippen LogP contribution in [0.4, 0.5) is 0 Å². The maximum absolute atomic E-state index is 10.9. The van der Waals surface area contributed by atoms with Crippen LogP contribution in [0.5, 0.6) is 0 Å². The second kappa shape index (κ2) is 4.34. The number of carbonyl (C=O) groups is 1. The molecule has 0 aromatic heterocycles. The van der Waals surface area contributed by atoms with Crippen LogP contribution in [0.15, 0.2) is 0 Å². The zero-order valence-electron chi connectivity index (χ0n) is 10.1. The number of ether oxygens (including phenoxy) is 1. The van der Waals surface area contributed by atoms with E-state index in [-0.39, 0.29) is 0 Å². The highest BCUT2D eigenvalue weighted by Gasteiger charge is 2.40. The summed E-state index contributed by atoms with van der Waals surface area (Å²) in [5, 5.41) is 8.98. The van der Waals surface area contributed by atoms with Gasteiger partial charge in [0, 0.05) is 19.1 Å². The van der Waals surface area contributed by atoms with E-state index in [1.807, 2.05) is 0 Å². The fraction of sp³-hybridized carbons (Fsp3) is 0.917. The van der Waals surface area contributed by atoms with Crippen molar-refractivity contribution in [2.24, 2.45) is 5.41 Å². The SMILES string of the molecule is CC1(C)CCCC1N1CCOC(C(=O)O)C1. The average Bonchev–Trinajstić information content (AvgIpc) is 2.58. The lowest BCUT2D eigenvalue weighted by molar-refractivity contribution is -0.158. The Morgan fingerprint density at radius 3 is 2.81 bits per heavy atom. The maximum Gasteiger partial charge on any atom is 0.334 e. The van der Waals surface area contributed by atoms with E-state index in [1.54, 1.807) is 0 Å². The summed E-state index contributed by atoms with van der Waals surface area (Å²) < 4.78 is 5.26. The van der Waals surface area contributed by atoms with E-state index in [0.29, 0.717) is 24.6 Å². The Balaban J connectivity index is 2.01. The predicted molar refractivity (Wildman–Crippen MR) is 60.4 cm³/mol. The number of nitrogens with zero attached hydrogens (tertiary/aromatic N) is 1. The molecule has 2 fully saturated rings. The van der Waals surface area contributed by atoms with E-state index in [2.05, 4.69) is 18.7 Å². The summed E-state index contributed by atoms with van der Waals surface area (Å²) in [5.74, 6) is -0.833. The molecule has 1 N–H and O–H groups in total. The van der Waals surface area contributed by atoms with E-state index >= 15 is 0 Å². The Morgan fingerprint density at radius 1 is 1.50 bits per heavy atom. The van der Waals surface area contributed by atoms with Crippen LogP contribution in [0.25, 0.3) is 0 Å². The van der Waals surface area contributed by atoms with Crippen LogP contribution in [0.2, 0.25) is 0 Å². The van der Waals surface area contributed by atoms with Crippen LogP contribution in [-0.2, 0) is 9.53 Å². The lowest BCUT2D eigenvalue weighted by Gasteiger charge is -2.41. The summed E-state index contributed by atoms with van der Waals surface area (Å²) in [5.41, 5.74) is 0.320. The number of morpholine rings is 1. The second-order valence-corrected chi connectivity index (χ2v) is 5.59. The molecule has 2 unspecified atom stereocenters. The molecule has 4 heteroatoms. The molecule has 0 spiro atoms. The monoisotopic (exact) mass is 227 g/mol. The van der Waals surface area contributed by atoms with Gasteiger partial charge in [0.2, 0.25) is 0 Å². The smallest absolute Gasteiger partial charge is 0.334 e. The quantitative estimate of drug-likeness (QED) is 0.773. The lowest BCUT2D eigenvalue weighted by atomic mass is 9.86. The van der Waals surface area contributed by atoms with Crippen molar-refractivity contribution in [1.29, 1.82) is 0 Å². The first-order chi connectivity index (χ1) is 7.50. The fourth-order valence-corrected chi connectivity index (χ4v) is 3.09. The van der Waals surface area contributed by atoms with E-state index in [9.17, 15) is 4.79 Å². The predicted octanol–water partition coefficient (Wildman–Crippen LogP) is 1.35. The van der Waals surface area contributed by atoms with Gasteiger partial charge < -0.3 is 9.84 Å². The molecular weight excluding hydrogens is 206 g/mol. The Kier molecular flexibility index (Phi) is 3.22.